The summed E-state index contributed by atoms with van der Waals surface area (Å²) < 4.78 is 10.9. The molecule has 2 aromatic carbocycles. The number of fused-ring (bicyclic) bond motifs is 2. The Balaban J connectivity index is 1.85. The van der Waals surface area contributed by atoms with Gasteiger partial charge in [0.05, 0.1) is 18.1 Å². The lowest BCUT2D eigenvalue weighted by molar-refractivity contribution is -0.534. The summed E-state index contributed by atoms with van der Waals surface area (Å²) in [4.78, 5) is 26.9. The monoisotopic (exact) mass is 441 g/mol. The van der Waals surface area contributed by atoms with Gasteiger partial charge < -0.3 is 14.8 Å². The highest BCUT2D eigenvalue weighted by molar-refractivity contribution is 6.32. The highest BCUT2D eigenvalue weighted by atomic mass is 35.5. The topological polar surface area (TPSA) is 93.9 Å². The third-order valence-electron chi connectivity index (χ3n) is 6.02. The molecule has 4 rings (SSSR count). The molecule has 0 aromatic heterocycles. The number of hydrogen-bond donors (Lipinski definition) is 1. The first kappa shape index (κ1) is 21.0. The molecule has 3 atom stereocenters. The van der Waals surface area contributed by atoms with Crippen molar-refractivity contribution in [3.63, 3.8) is 0 Å². The van der Waals surface area contributed by atoms with Gasteiger partial charge >= 0.3 is 0 Å². The molecule has 1 amide bonds. The fraction of sp³-hybridized carbons (Fsp3) is 0.318. The van der Waals surface area contributed by atoms with Crippen LogP contribution >= 0.6 is 11.6 Å². The van der Waals surface area contributed by atoms with Crippen LogP contribution in [0, 0.1) is 22.5 Å². The number of carbonyl (C=O) groups excluding carboxylic acids is 1. The van der Waals surface area contributed by atoms with E-state index < -0.39 is 23.4 Å². The average molecular weight is 442 g/mol. The van der Waals surface area contributed by atoms with E-state index in [9.17, 15) is 14.9 Å². The molecular weight excluding hydrogens is 422 g/mol. The van der Waals surface area contributed by atoms with Gasteiger partial charge in [0, 0.05) is 22.7 Å². The van der Waals surface area contributed by atoms with E-state index >= 15 is 0 Å². The number of nitro groups is 1. The molecule has 9 heteroatoms. The molecule has 31 heavy (non-hydrogen) atoms. The molecule has 2 heterocycles. The minimum absolute atomic E-state index is 0.000811. The fourth-order valence-electron chi connectivity index (χ4n) is 4.79. The van der Waals surface area contributed by atoms with Crippen LogP contribution in [0.15, 0.2) is 36.4 Å². The summed E-state index contributed by atoms with van der Waals surface area (Å²) in [6.07, 6.45) is 5.26. The van der Waals surface area contributed by atoms with Crippen molar-refractivity contribution in [3.8, 4) is 23.8 Å². The van der Waals surface area contributed by atoms with E-state index in [0.29, 0.717) is 22.6 Å². The number of terminal acetylenes is 1. The zero-order valence-electron chi connectivity index (χ0n) is 16.9. The van der Waals surface area contributed by atoms with Crippen LogP contribution in [0.2, 0.25) is 5.02 Å². The summed E-state index contributed by atoms with van der Waals surface area (Å²) in [6.45, 7) is 0.274. The average Bonchev–Trinajstić information content (AvgIpc) is 3.22. The van der Waals surface area contributed by atoms with Crippen LogP contribution in [-0.2, 0) is 10.3 Å². The number of nitrogens with one attached hydrogen (secondary N) is 1. The lowest BCUT2D eigenvalue weighted by atomic mass is 9.79. The SMILES string of the molecule is C#CCOc1c(Cl)cc([C@@H]2CN(C)[C@]3(C(=O)Nc4ccccc43)[C@H]2[N+](=O)[O-])cc1OC. The largest absolute Gasteiger partial charge is 0.493 e. The van der Waals surface area contributed by atoms with Crippen LogP contribution in [-0.4, -0.2) is 49.1 Å². The van der Waals surface area contributed by atoms with E-state index in [1.165, 1.54) is 7.11 Å². The summed E-state index contributed by atoms with van der Waals surface area (Å²) in [6, 6.07) is 9.10. The Labute approximate surface area is 184 Å². The molecule has 1 saturated heterocycles. The smallest absolute Gasteiger partial charge is 0.256 e. The van der Waals surface area contributed by atoms with Crippen molar-refractivity contribution < 1.29 is 19.2 Å². The second-order valence-corrected chi connectivity index (χ2v) is 7.92. The maximum atomic E-state index is 13.2. The number of carbonyl (C=O) groups is 1. The highest BCUT2D eigenvalue weighted by Crippen LogP contribution is 2.53. The van der Waals surface area contributed by atoms with Crippen molar-refractivity contribution in [1.82, 2.24) is 4.90 Å². The Bertz CT molecular complexity index is 1110. The first-order chi connectivity index (χ1) is 14.9. The Morgan fingerprint density at radius 1 is 1.42 bits per heavy atom. The van der Waals surface area contributed by atoms with Crippen LogP contribution in [0.4, 0.5) is 5.69 Å². The fourth-order valence-corrected chi connectivity index (χ4v) is 5.06. The highest BCUT2D eigenvalue weighted by Gasteiger charge is 2.68. The second-order valence-electron chi connectivity index (χ2n) is 7.51. The molecule has 0 radical (unpaired) electrons. The Kier molecular flexibility index (Phi) is 5.25. The number of likely N-dealkylation sites (N-methyl/N-ethyl adjacent to an activating group) is 1. The molecule has 1 fully saturated rings. The summed E-state index contributed by atoms with van der Waals surface area (Å²) in [7, 11) is 3.17. The lowest BCUT2D eigenvalue weighted by Crippen LogP contribution is -2.54. The zero-order chi connectivity index (χ0) is 22.3. The predicted molar refractivity (Wildman–Crippen MR) is 115 cm³/mol. The van der Waals surface area contributed by atoms with Gasteiger partial charge in [-0.05, 0) is 30.8 Å². The number of amides is 1. The second kappa shape index (κ2) is 7.76. The predicted octanol–water partition coefficient (Wildman–Crippen LogP) is 2.88. The van der Waals surface area contributed by atoms with Gasteiger partial charge in [0.1, 0.15) is 6.61 Å². The first-order valence-corrected chi connectivity index (χ1v) is 9.93. The quantitative estimate of drug-likeness (QED) is 0.435. The van der Waals surface area contributed by atoms with Gasteiger partial charge in [-0.1, -0.05) is 35.7 Å². The maximum absolute atomic E-state index is 13.2. The summed E-state index contributed by atoms with van der Waals surface area (Å²) >= 11 is 6.42. The number of anilines is 1. The number of nitrogens with zero attached hydrogens (tertiary/aromatic N) is 2. The summed E-state index contributed by atoms with van der Waals surface area (Å²) in [5.41, 5.74) is 0.333. The van der Waals surface area contributed by atoms with Gasteiger partial charge in [0.25, 0.3) is 11.9 Å². The van der Waals surface area contributed by atoms with Crippen LogP contribution in [0.3, 0.4) is 0 Å². The molecule has 2 aromatic rings. The Hall–Kier alpha value is -3.28. The van der Waals surface area contributed by atoms with Crippen molar-refractivity contribution in [2.75, 3.05) is 32.6 Å². The van der Waals surface area contributed by atoms with Gasteiger partial charge in [0.15, 0.2) is 17.0 Å². The van der Waals surface area contributed by atoms with Crippen molar-refractivity contribution in [1.29, 1.82) is 0 Å². The Morgan fingerprint density at radius 2 is 2.16 bits per heavy atom. The minimum atomic E-state index is -1.43. The van der Waals surface area contributed by atoms with E-state index in [2.05, 4.69) is 11.2 Å². The molecule has 1 N–H and O–H groups in total. The minimum Gasteiger partial charge on any atom is -0.493 e. The molecule has 2 aliphatic heterocycles. The number of methoxy groups -OCH3 is 1. The van der Waals surface area contributed by atoms with Crippen LogP contribution < -0.4 is 14.8 Å². The molecule has 8 nitrogen and oxygen atoms in total. The maximum Gasteiger partial charge on any atom is 0.256 e. The Morgan fingerprint density at radius 3 is 2.84 bits per heavy atom. The number of benzene rings is 2. The normalized spacial score (nSPS) is 24.5. The van der Waals surface area contributed by atoms with Gasteiger partial charge in [-0.2, -0.15) is 0 Å². The third-order valence-corrected chi connectivity index (χ3v) is 6.30. The number of ether oxygens (including phenoxy) is 2. The van der Waals surface area contributed by atoms with Gasteiger partial charge in [-0.3, -0.25) is 19.8 Å². The number of para-hydroxylation sites is 1. The van der Waals surface area contributed by atoms with Crippen molar-refractivity contribution in [2.45, 2.75) is 17.5 Å². The van der Waals surface area contributed by atoms with Crippen LogP contribution in [0.5, 0.6) is 11.5 Å². The van der Waals surface area contributed by atoms with E-state index in [1.54, 1.807) is 48.3 Å². The first-order valence-electron chi connectivity index (χ1n) is 9.55. The number of likely N-dealkylation sites (tertiary alicyclic amines) is 1. The molecule has 160 valence electrons. The number of hydrogen-bond acceptors (Lipinski definition) is 6. The molecule has 1 spiro atoms. The zero-order valence-corrected chi connectivity index (χ0v) is 17.7. The lowest BCUT2D eigenvalue weighted by Gasteiger charge is -2.30. The van der Waals surface area contributed by atoms with E-state index in [-0.39, 0.29) is 28.8 Å². The summed E-state index contributed by atoms with van der Waals surface area (Å²) in [5, 5.41) is 15.4. The van der Waals surface area contributed by atoms with E-state index in [4.69, 9.17) is 27.5 Å². The van der Waals surface area contributed by atoms with Crippen LogP contribution in [0.25, 0.3) is 0 Å². The molecule has 0 bridgehead atoms. The van der Waals surface area contributed by atoms with Crippen molar-refractivity contribution in [2.24, 2.45) is 0 Å². The number of halogens is 1. The van der Waals surface area contributed by atoms with Crippen LogP contribution in [0.1, 0.15) is 17.0 Å². The molecular formula is C22H20ClN3O5. The van der Waals surface area contributed by atoms with Gasteiger partial charge in [-0.15, -0.1) is 6.42 Å². The standard InChI is InChI=1S/C22H20ClN3O5/c1-4-9-31-19-16(23)10-13(11-18(19)30-3)14-12-25(2)22(20(14)26(28)29)15-7-5-6-8-17(15)24-21(22)27/h1,5-8,10-11,14,20H,9,12H2,2-3H3,(H,24,27)/t14-,20-,22-/m0/s1. The number of rotatable bonds is 5. The molecule has 0 aliphatic carbocycles. The van der Waals surface area contributed by atoms with Gasteiger partial charge in [0.2, 0.25) is 0 Å². The van der Waals surface area contributed by atoms with Gasteiger partial charge in [-0.25, -0.2) is 0 Å². The molecule has 0 unspecified atom stereocenters. The molecule has 2 aliphatic rings. The third kappa shape index (κ3) is 3.00. The van der Waals surface area contributed by atoms with Crippen molar-refractivity contribution in [3.05, 3.63) is 62.7 Å². The van der Waals surface area contributed by atoms with E-state index in [1.807, 2.05) is 0 Å². The van der Waals surface area contributed by atoms with E-state index in [0.717, 1.165) is 0 Å². The molecule has 0 saturated carbocycles. The summed E-state index contributed by atoms with van der Waals surface area (Å²) in [5.74, 6) is 1.92. The van der Waals surface area contributed by atoms with Crippen molar-refractivity contribution >= 4 is 23.2 Å².